The lowest BCUT2D eigenvalue weighted by Crippen LogP contribution is -2.23. The SMILES string of the molecule is CCOC(=O)COc1ccc(OC)c(C(=O)NCc2ccc(C(F)(F)F)cc2)c1. The largest absolute Gasteiger partial charge is 0.496 e. The smallest absolute Gasteiger partial charge is 0.416 e. The van der Waals surface area contributed by atoms with E-state index in [2.05, 4.69) is 5.32 Å². The molecule has 1 amide bonds. The number of rotatable bonds is 8. The first-order valence-electron chi connectivity index (χ1n) is 8.65. The van der Waals surface area contributed by atoms with Crippen LogP contribution in [-0.4, -0.2) is 32.2 Å². The highest BCUT2D eigenvalue weighted by molar-refractivity contribution is 5.97. The molecule has 0 bridgehead atoms. The fraction of sp³-hybridized carbons (Fsp3) is 0.300. The number of ether oxygens (including phenoxy) is 3. The minimum atomic E-state index is -4.42. The normalized spacial score (nSPS) is 10.9. The molecule has 0 heterocycles. The summed E-state index contributed by atoms with van der Waals surface area (Å²) < 4.78 is 53.0. The first-order chi connectivity index (χ1) is 13.7. The number of carbonyl (C=O) groups excluding carboxylic acids is 2. The van der Waals surface area contributed by atoms with Crippen LogP contribution in [0.25, 0.3) is 0 Å². The zero-order valence-corrected chi connectivity index (χ0v) is 15.8. The van der Waals surface area contributed by atoms with Crippen molar-refractivity contribution in [1.82, 2.24) is 5.32 Å². The fourth-order valence-corrected chi connectivity index (χ4v) is 2.39. The maximum atomic E-state index is 12.6. The van der Waals surface area contributed by atoms with Crippen molar-refractivity contribution >= 4 is 11.9 Å². The molecule has 2 aromatic carbocycles. The quantitative estimate of drug-likeness (QED) is 0.672. The summed E-state index contributed by atoms with van der Waals surface area (Å²) in [6.45, 7) is 1.60. The van der Waals surface area contributed by atoms with Gasteiger partial charge in [-0.25, -0.2) is 4.79 Å². The number of amides is 1. The van der Waals surface area contributed by atoms with Gasteiger partial charge in [-0.1, -0.05) is 12.1 Å². The molecule has 2 rings (SSSR count). The number of carbonyl (C=O) groups is 2. The van der Waals surface area contributed by atoms with Gasteiger partial charge in [0.25, 0.3) is 5.91 Å². The Bertz CT molecular complexity index is 850. The molecule has 0 spiro atoms. The van der Waals surface area contributed by atoms with Crippen LogP contribution >= 0.6 is 0 Å². The van der Waals surface area contributed by atoms with E-state index in [-0.39, 0.29) is 36.8 Å². The van der Waals surface area contributed by atoms with Gasteiger partial charge in [-0.2, -0.15) is 13.2 Å². The van der Waals surface area contributed by atoms with Crippen molar-refractivity contribution in [2.24, 2.45) is 0 Å². The van der Waals surface area contributed by atoms with Crippen molar-refractivity contribution in [2.45, 2.75) is 19.6 Å². The monoisotopic (exact) mass is 411 g/mol. The molecule has 9 heteroatoms. The topological polar surface area (TPSA) is 73.9 Å². The Morgan fingerprint density at radius 2 is 1.76 bits per heavy atom. The minimum Gasteiger partial charge on any atom is -0.496 e. The van der Waals surface area contributed by atoms with Gasteiger partial charge in [-0.3, -0.25) is 4.79 Å². The van der Waals surface area contributed by atoms with Gasteiger partial charge in [0, 0.05) is 6.54 Å². The van der Waals surface area contributed by atoms with Crippen molar-refractivity contribution in [1.29, 1.82) is 0 Å². The van der Waals surface area contributed by atoms with Crippen LogP contribution in [0.15, 0.2) is 42.5 Å². The average molecular weight is 411 g/mol. The Labute approximate surface area is 165 Å². The third kappa shape index (κ3) is 6.41. The van der Waals surface area contributed by atoms with E-state index in [0.29, 0.717) is 5.56 Å². The second-order valence-electron chi connectivity index (χ2n) is 5.83. The first kappa shape index (κ1) is 22.1. The molecule has 0 aliphatic rings. The van der Waals surface area contributed by atoms with Gasteiger partial charge in [-0.05, 0) is 42.8 Å². The summed E-state index contributed by atoms with van der Waals surface area (Å²) >= 11 is 0. The third-order valence-electron chi connectivity index (χ3n) is 3.81. The highest BCUT2D eigenvalue weighted by Gasteiger charge is 2.29. The maximum absolute atomic E-state index is 12.6. The van der Waals surface area contributed by atoms with Gasteiger partial charge in [0.1, 0.15) is 11.5 Å². The molecule has 0 fully saturated rings. The van der Waals surface area contributed by atoms with Gasteiger partial charge in [0.15, 0.2) is 6.61 Å². The molecule has 0 atom stereocenters. The standard InChI is InChI=1S/C20H20F3NO5/c1-3-28-18(25)12-29-15-8-9-17(27-2)16(10-15)19(26)24-11-13-4-6-14(7-5-13)20(21,22)23/h4-10H,3,11-12H2,1-2H3,(H,24,26). The van der Waals surface area contributed by atoms with Gasteiger partial charge in [-0.15, -0.1) is 0 Å². The van der Waals surface area contributed by atoms with Gasteiger partial charge >= 0.3 is 12.1 Å². The summed E-state index contributed by atoms with van der Waals surface area (Å²) in [5, 5.41) is 2.61. The Morgan fingerprint density at radius 3 is 2.34 bits per heavy atom. The fourth-order valence-electron chi connectivity index (χ4n) is 2.39. The van der Waals surface area contributed by atoms with E-state index in [1.165, 1.54) is 37.4 Å². The molecule has 0 unspecified atom stereocenters. The van der Waals surface area contributed by atoms with Crippen molar-refractivity contribution in [2.75, 3.05) is 20.3 Å². The first-order valence-corrected chi connectivity index (χ1v) is 8.65. The van der Waals surface area contributed by atoms with E-state index in [4.69, 9.17) is 14.2 Å². The van der Waals surface area contributed by atoms with E-state index in [1.54, 1.807) is 6.92 Å². The highest BCUT2D eigenvalue weighted by Crippen LogP contribution is 2.29. The Kier molecular flexibility index (Phi) is 7.46. The molecule has 6 nitrogen and oxygen atoms in total. The molecule has 156 valence electrons. The lowest BCUT2D eigenvalue weighted by molar-refractivity contribution is -0.145. The summed E-state index contributed by atoms with van der Waals surface area (Å²) in [5.41, 5.74) is -0.110. The molecule has 2 aromatic rings. The predicted octanol–water partition coefficient (Wildman–Crippen LogP) is 3.59. The Morgan fingerprint density at radius 1 is 1.07 bits per heavy atom. The number of halogens is 3. The highest BCUT2D eigenvalue weighted by atomic mass is 19.4. The van der Waals surface area contributed by atoms with Gasteiger partial charge in [0.2, 0.25) is 0 Å². The average Bonchev–Trinajstić information content (AvgIpc) is 2.70. The second kappa shape index (κ2) is 9.81. The predicted molar refractivity (Wildman–Crippen MR) is 97.7 cm³/mol. The number of esters is 1. The van der Waals surface area contributed by atoms with E-state index in [9.17, 15) is 22.8 Å². The van der Waals surface area contributed by atoms with Crippen molar-refractivity contribution in [3.8, 4) is 11.5 Å². The van der Waals surface area contributed by atoms with E-state index >= 15 is 0 Å². The minimum absolute atomic E-state index is 0.0219. The van der Waals surface area contributed by atoms with E-state index in [0.717, 1.165) is 12.1 Å². The summed E-state index contributed by atoms with van der Waals surface area (Å²) in [6, 6.07) is 8.93. The van der Waals surface area contributed by atoms with Gasteiger partial charge in [0.05, 0.1) is 24.8 Å². The lowest BCUT2D eigenvalue weighted by atomic mass is 10.1. The molecular formula is C20H20F3NO5. The zero-order chi connectivity index (χ0) is 21.4. The van der Waals surface area contributed by atoms with Crippen LogP contribution in [0.5, 0.6) is 11.5 Å². The van der Waals surface area contributed by atoms with E-state index < -0.39 is 23.6 Å². The van der Waals surface area contributed by atoms with Crippen molar-refractivity contribution in [3.63, 3.8) is 0 Å². The van der Waals surface area contributed by atoms with Gasteiger partial charge < -0.3 is 19.5 Å². The van der Waals surface area contributed by atoms with Crippen molar-refractivity contribution in [3.05, 3.63) is 59.2 Å². The molecule has 0 saturated heterocycles. The summed E-state index contributed by atoms with van der Waals surface area (Å²) in [7, 11) is 1.39. The van der Waals surface area contributed by atoms with Crippen LogP contribution in [0, 0.1) is 0 Å². The van der Waals surface area contributed by atoms with Crippen LogP contribution in [0.1, 0.15) is 28.4 Å². The van der Waals surface area contributed by atoms with Crippen LogP contribution < -0.4 is 14.8 Å². The number of methoxy groups -OCH3 is 1. The molecule has 0 radical (unpaired) electrons. The third-order valence-corrected chi connectivity index (χ3v) is 3.81. The van der Waals surface area contributed by atoms with Crippen LogP contribution in [-0.2, 0) is 22.3 Å². The van der Waals surface area contributed by atoms with Crippen LogP contribution in [0.3, 0.4) is 0 Å². The summed E-state index contributed by atoms with van der Waals surface area (Å²) in [5.74, 6) is -0.517. The number of hydrogen-bond donors (Lipinski definition) is 1. The van der Waals surface area contributed by atoms with E-state index in [1.807, 2.05) is 0 Å². The van der Waals surface area contributed by atoms with Crippen LogP contribution in [0.2, 0.25) is 0 Å². The number of benzene rings is 2. The molecule has 0 saturated carbocycles. The molecule has 1 N–H and O–H groups in total. The molecule has 0 aromatic heterocycles. The molecule has 29 heavy (non-hydrogen) atoms. The number of alkyl halides is 3. The molecule has 0 aliphatic heterocycles. The molecule has 0 aliphatic carbocycles. The number of nitrogens with one attached hydrogen (secondary N) is 1. The maximum Gasteiger partial charge on any atom is 0.416 e. The number of hydrogen-bond acceptors (Lipinski definition) is 5. The summed E-state index contributed by atoms with van der Waals surface area (Å²) in [6.07, 6.45) is -4.42. The second-order valence-corrected chi connectivity index (χ2v) is 5.83. The summed E-state index contributed by atoms with van der Waals surface area (Å²) in [4.78, 5) is 23.9. The zero-order valence-electron chi connectivity index (χ0n) is 15.8. The molecular weight excluding hydrogens is 391 g/mol. The van der Waals surface area contributed by atoms with Crippen molar-refractivity contribution < 1.29 is 37.0 Å². The Hall–Kier alpha value is -3.23. The van der Waals surface area contributed by atoms with Crippen LogP contribution in [0.4, 0.5) is 13.2 Å². The lowest BCUT2D eigenvalue weighted by Gasteiger charge is -2.12. The Balaban J connectivity index is 2.04.